The van der Waals surface area contributed by atoms with Gasteiger partial charge in [-0.15, -0.1) is 0 Å². The first-order chi connectivity index (χ1) is 17.0. The first-order valence-corrected chi connectivity index (χ1v) is 11.7. The minimum Gasteiger partial charge on any atom is -0.355 e. The van der Waals surface area contributed by atoms with Crippen LogP contribution in [0.3, 0.4) is 0 Å². The number of carbonyl (C=O) groups is 2. The van der Waals surface area contributed by atoms with E-state index in [0.29, 0.717) is 34.6 Å². The second kappa shape index (κ2) is 9.50. The lowest BCUT2D eigenvalue weighted by Gasteiger charge is -2.02. The smallest absolute Gasteiger partial charge is 0.193 e. The summed E-state index contributed by atoms with van der Waals surface area (Å²) in [6.45, 7) is 3.90. The molecule has 6 heteroatoms. The molecule has 0 atom stereocenters. The molecule has 3 heterocycles. The molecule has 0 fully saturated rings. The van der Waals surface area contributed by atoms with Crippen LogP contribution < -0.4 is 0 Å². The van der Waals surface area contributed by atoms with E-state index in [0.717, 1.165) is 40.9 Å². The zero-order chi connectivity index (χ0) is 24.4. The second-order valence-electron chi connectivity index (χ2n) is 8.74. The van der Waals surface area contributed by atoms with Gasteiger partial charge in [0.2, 0.25) is 0 Å². The van der Waals surface area contributed by atoms with Crippen molar-refractivity contribution in [1.29, 1.82) is 0 Å². The summed E-state index contributed by atoms with van der Waals surface area (Å²) >= 11 is 0. The third kappa shape index (κ3) is 4.55. The van der Waals surface area contributed by atoms with Gasteiger partial charge in [0.15, 0.2) is 11.6 Å². The van der Waals surface area contributed by atoms with Gasteiger partial charge in [0, 0.05) is 40.7 Å². The van der Waals surface area contributed by atoms with Gasteiger partial charge in [-0.1, -0.05) is 36.4 Å². The van der Waals surface area contributed by atoms with Crippen LogP contribution >= 0.6 is 0 Å². The number of hydrogen-bond donors (Lipinski definition) is 2. The van der Waals surface area contributed by atoms with Crippen molar-refractivity contribution in [2.75, 3.05) is 0 Å². The molecule has 5 aromatic rings. The fraction of sp³-hybridized carbons (Fsp3) is 0.172. The molecule has 0 saturated heterocycles. The largest absolute Gasteiger partial charge is 0.355 e. The van der Waals surface area contributed by atoms with Gasteiger partial charge >= 0.3 is 0 Å². The summed E-state index contributed by atoms with van der Waals surface area (Å²) in [7, 11) is 0. The van der Waals surface area contributed by atoms with Gasteiger partial charge in [-0.3, -0.25) is 14.6 Å². The van der Waals surface area contributed by atoms with Crippen LogP contribution in [-0.4, -0.2) is 31.5 Å². The molecule has 3 aromatic heterocycles. The summed E-state index contributed by atoms with van der Waals surface area (Å²) in [5.41, 5.74) is 7.06. The Hall–Kier alpha value is -4.32. The monoisotopic (exact) mass is 462 g/mol. The van der Waals surface area contributed by atoms with Crippen molar-refractivity contribution >= 4 is 22.6 Å². The zero-order valence-corrected chi connectivity index (χ0v) is 19.8. The van der Waals surface area contributed by atoms with E-state index in [2.05, 4.69) is 15.0 Å². The molecule has 2 N–H and O–H groups in total. The Labute approximate surface area is 203 Å². The number of ketones is 2. The average molecular weight is 463 g/mol. The van der Waals surface area contributed by atoms with Crippen LogP contribution in [0.1, 0.15) is 56.2 Å². The summed E-state index contributed by atoms with van der Waals surface area (Å²) in [6.07, 6.45) is 3.73. The number of aromatic amines is 2. The Kier molecular flexibility index (Phi) is 6.10. The second-order valence-corrected chi connectivity index (χ2v) is 8.74. The van der Waals surface area contributed by atoms with Crippen LogP contribution in [-0.2, 0) is 6.42 Å². The van der Waals surface area contributed by atoms with Gasteiger partial charge in [-0.05, 0) is 62.6 Å². The molecular weight excluding hydrogens is 436 g/mol. The Bertz CT molecular complexity index is 1510. The molecule has 174 valence electrons. The average Bonchev–Trinajstić information content (AvgIpc) is 3.43. The summed E-state index contributed by atoms with van der Waals surface area (Å²) in [6, 6.07) is 20.5. The number of hydrogen-bond acceptors (Lipinski definition) is 4. The number of imidazole rings is 1. The van der Waals surface area contributed by atoms with Gasteiger partial charge < -0.3 is 9.97 Å². The number of Topliss-reactive ketones (excluding diaryl/α,β-unsaturated/α-hetero) is 1. The van der Waals surface area contributed by atoms with E-state index >= 15 is 0 Å². The Morgan fingerprint density at radius 1 is 0.886 bits per heavy atom. The number of fused-ring (bicyclic) bond motifs is 1. The maximum absolute atomic E-state index is 13.0. The molecule has 35 heavy (non-hydrogen) atoms. The van der Waals surface area contributed by atoms with E-state index in [1.165, 1.54) is 0 Å². The number of carbonyl (C=O) groups excluding carboxylic acids is 2. The molecule has 0 unspecified atom stereocenters. The Morgan fingerprint density at radius 2 is 1.69 bits per heavy atom. The molecule has 5 rings (SSSR count). The van der Waals surface area contributed by atoms with Crippen molar-refractivity contribution < 1.29 is 9.59 Å². The van der Waals surface area contributed by atoms with Crippen LogP contribution in [0.15, 0.2) is 72.9 Å². The molecule has 0 aliphatic carbocycles. The highest BCUT2D eigenvalue weighted by atomic mass is 16.1. The van der Waals surface area contributed by atoms with Crippen molar-refractivity contribution in [3.05, 3.63) is 107 Å². The third-order valence-corrected chi connectivity index (χ3v) is 6.30. The molecule has 0 amide bonds. The van der Waals surface area contributed by atoms with E-state index in [4.69, 9.17) is 4.98 Å². The number of H-pyrrole nitrogens is 2. The maximum atomic E-state index is 13.0. The molecule has 0 bridgehead atoms. The molecular formula is C29H26N4O2. The molecule has 6 nitrogen and oxygen atoms in total. The van der Waals surface area contributed by atoms with Crippen LogP contribution in [0.2, 0.25) is 0 Å². The lowest BCUT2D eigenvalue weighted by molar-refractivity contribution is 0.0974. The van der Waals surface area contributed by atoms with Crippen LogP contribution in [0.5, 0.6) is 0 Å². The standard InChI is InChI=1S/C29H26N4O2/c1-18-26(19(2)31-27(18)25(34)13-8-12-22-11-6-7-16-30-22)29-32-23-15-14-21(17-24(23)33-29)28(35)20-9-4-3-5-10-20/h3-7,9-11,14-17,31H,8,12-13H2,1-2H3,(H,32,33). The van der Waals surface area contributed by atoms with Crippen molar-refractivity contribution in [3.63, 3.8) is 0 Å². The lowest BCUT2D eigenvalue weighted by Crippen LogP contribution is -2.03. The molecule has 0 radical (unpaired) electrons. The fourth-order valence-corrected chi connectivity index (χ4v) is 4.51. The number of aromatic nitrogens is 4. The zero-order valence-electron chi connectivity index (χ0n) is 19.8. The van der Waals surface area contributed by atoms with Crippen molar-refractivity contribution in [3.8, 4) is 11.4 Å². The van der Waals surface area contributed by atoms with Gasteiger partial charge in [-0.25, -0.2) is 4.98 Å². The van der Waals surface area contributed by atoms with Gasteiger partial charge in [0.25, 0.3) is 0 Å². The topological polar surface area (TPSA) is 91.5 Å². The predicted octanol–water partition coefficient (Wildman–Crippen LogP) is 6.01. The third-order valence-electron chi connectivity index (χ3n) is 6.30. The Morgan fingerprint density at radius 3 is 2.46 bits per heavy atom. The van der Waals surface area contributed by atoms with E-state index in [1.54, 1.807) is 6.20 Å². The highest BCUT2D eigenvalue weighted by Crippen LogP contribution is 2.30. The maximum Gasteiger partial charge on any atom is 0.193 e. The van der Waals surface area contributed by atoms with E-state index in [9.17, 15) is 9.59 Å². The fourth-order valence-electron chi connectivity index (χ4n) is 4.51. The number of nitrogens with zero attached hydrogens (tertiary/aromatic N) is 2. The number of benzene rings is 2. The summed E-state index contributed by atoms with van der Waals surface area (Å²) in [5.74, 6) is 0.729. The van der Waals surface area contributed by atoms with Gasteiger partial charge in [0.05, 0.1) is 16.7 Å². The number of rotatable bonds is 8. The van der Waals surface area contributed by atoms with Crippen molar-refractivity contribution in [2.24, 2.45) is 0 Å². The molecule has 0 aliphatic rings. The summed E-state index contributed by atoms with van der Waals surface area (Å²) < 4.78 is 0. The number of aryl methyl sites for hydroxylation is 2. The molecule has 0 spiro atoms. The first-order valence-electron chi connectivity index (χ1n) is 11.7. The minimum absolute atomic E-state index is 0.0374. The number of nitrogens with one attached hydrogen (secondary N) is 2. The van der Waals surface area contributed by atoms with Gasteiger partial charge in [-0.2, -0.15) is 0 Å². The van der Waals surface area contributed by atoms with Crippen molar-refractivity contribution in [2.45, 2.75) is 33.1 Å². The first kappa shape index (κ1) is 22.5. The Balaban J connectivity index is 1.37. The van der Waals surface area contributed by atoms with Crippen molar-refractivity contribution in [1.82, 2.24) is 19.9 Å². The lowest BCUT2D eigenvalue weighted by atomic mass is 10.0. The van der Waals surface area contributed by atoms with E-state index < -0.39 is 0 Å². The molecule has 2 aromatic carbocycles. The highest BCUT2D eigenvalue weighted by molar-refractivity contribution is 6.10. The van der Waals surface area contributed by atoms with Crippen LogP contribution in [0, 0.1) is 13.8 Å². The van der Waals surface area contributed by atoms with Crippen LogP contribution in [0.4, 0.5) is 0 Å². The number of pyridine rings is 1. The van der Waals surface area contributed by atoms with Crippen LogP contribution in [0.25, 0.3) is 22.4 Å². The minimum atomic E-state index is -0.0374. The SMILES string of the molecule is Cc1[nH]c(C(=O)CCCc2ccccn2)c(C)c1-c1nc2cc(C(=O)c3ccccc3)ccc2[nH]1. The molecule has 0 saturated carbocycles. The normalized spacial score (nSPS) is 11.1. The highest BCUT2D eigenvalue weighted by Gasteiger charge is 2.21. The quantitative estimate of drug-likeness (QED) is 0.276. The predicted molar refractivity (Wildman–Crippen MR) is 137 cm³/mol. The summed E-state index contributed by atoms with van der Waals surface area (Å²) in [4.78, 5) is 41.5. The van der Waals surface area contributed by atoms with E-state index in [1.807, 2.05) is 80.6 Å². The summed E-state index contributed by atoms with van der Waals surface area (Å²) in [5, 5.41) is 0. The molecule has 0 aliphatic heterocycles. The van der Waals surface area contributed by atoms with E-state index in [-0.39, 0.29) is 11.6 Å². The van der Waals surface area contributed by atoms with Gasteiger partial charge in [0.1, 0.15) is 5.82 Å².